The second-order valence-corrected chi connectivity index (χ2v) is 6.73. The Bertz CT molecular complexity index is 909. The van der Waals surface area contributed by atoms with Gasteiger partial charge < -0.3 is 16.4 Å². The van der Waals surface area contributed by atoms with Crippen LogP contribution in [-0.4, -0.2) is 39.2 Å². The molecule has 1 saturated heterocycles. The van der Waals surface area contributed by atoms with Gasteiger partial charge in [0, 0.05) is 12.6 Å². The van der Waals surface area contributed by atoms with E-state index in [-0.39, 0.29) is 0 Å². The summed E-state index contributed by atoms with van der Waals surface area (Å²) in [6, 6.07) is 6.09. The van der Waals surface area contributed by atoms with Crippen molar-refractivity contribution < 1.29 is 0 Å². The Morgan fingerprint density at radius 2 is 2.08 bits per heavy atom. The number of imidazole rings is 1. The predicted molar refractivity (Wildman–Crippen MR) is 100 cm³/mol. The molecule has 2 aromatic heterocycles. The molecule has 1 aromatic carbocycles. The highest BCUT2D eigenvalue weighted by Gasteiger charge is 2.15. The lowest BCUT2D eigenvalue weighted by Crippen LogP contribution is -2.18. The number of nitrogens with one attached hydrogen (secondary N) is 2. The number of benzene rings is 1. The highest BCUT2D eigenvalue weighted by atomic mass is 15.2. The van der Waals surface area contributed by atoms with Crippen molar-refractivity contribution in [1.82, 2.24) is 24.8 Å². The normalized spacial score (nSPS) is 17.3. The van der Waals surface area contributed by atoms with Gasteiger partial charge in [-0.1, -0.05) is 0 Å². The lowest BCUT2D eigenvalue weighted by molar-refractivity contribution is 0.614. The zero-order chi connectivity index (χ0) is 17.4. The first-order chi connectivity index (χ1) is 12.1. The summed E-state index contributed by atoms with van der Waals surface area (Å²) in [5.41, 5.74) is 10.4. The van der Waals surface area contributed by atoms with Gasteiger partial charge >= 0.3 is 0 Å². The van der Waals surface area contributed by atoms with Crippen molar-refractivity contribution in [3.8, 4) is 5.82 Å². The Kier molecular flexibility index (Phi) is 4.01. The van der Waals surface area contributed by atoms with Crippen molar-refractivity contribution in [2.75, 3.05) is 30.7 Å². The van der Waals surface area contributed by atoms with Crippen LogP contribution in [0.2, 0.25) is 0 Å². The molecule has 0 saturated carbocycles. The number of hydrogen-bond donors (Lipinski definition) is 3. The molecule has 1 aliphatic rings. The van der Waals surface area contributed by atoms with Gasteiger partial charge in [-0.15, -0.1) is 0 Å². The third-order valence-electron chi connectivity index (χ3n) is 4.91. The van der Waals surface area contributed by atoms with Gasteiger partial charge in [-0.05, 0) is 62.5 Å². The number of nitrogens with two attached hydrogens (primary N) is 1. The van der Waals surface area contributed by atoms with Crippen molar-refractivity contribution in [3.63, 3.8) is 0 Å². The minimum Gasteiger partial charge on any atom is -0.370 e. The van der Waals surface area contributed by atoms with Crippen LogP contribution in [0.15, 0.2) is 24.5 Å². The fourth-order valence-electron chi connectivity index (χ4n) is 3.30. The third-order valence-corrected chi connectivity index (χ3v) is 4.91. The summed E-state index contributed by atoms with van der Waals surface area (Å²) < 4.78 is 1.88. The smallest absolute Gasteiger partial charge is 0.207 e. The molecule has 4 N–H and O–H groups in total. The second kappa shape index (κ2) is 6.33. The van der Waals surface area contributed by atoms with E-state index in [0.29, 0.717) is 11.9 Å². The van der Waals surface area contributed by atoms with Crippen LogP contribution in [-0.2, 0) is 0 Å². The number of anilines is 2. The van der Waals surface area contributed by atoms with E-state index in [1.165, 1.54) is 17.5 Å². The van der Waals surface area contributed by atoms with E-state index in [0.717, 1.165) is 42.3 Å². The first-order valence-electron chi connectivity index (χ1n) is 8.64. The minimum atomic E-state index is 0.435. The van der Waals surface area contributed by atoms with E-state index in [1.54, 1.807) is 6.33 Å². The average Bonchev–Trinajstić information content (AvgIpc) is 3.21. The number of aryl methyl sites for hydroxylation is 2. The van der Waals surface area contributed by atoms with Crippen molar-refractivity contribution in [1.29, 1.82) is 0 Å². The van der Waals surface area contributed by atoms with Crippen molar-refractivity contribution >= 4 is 22.8 Å². The first kappa shape index (κ1) is 15.8. The summed E-state index contributed by atoms with van der Waals surface area (Å²) in [4.78, 5) is 13.2. The van der Waals surface area contributed by atoms with Gasteiger partial charge in [0.2, 0.25) is 5.95 Å². The number of hydrogen-bond acceptors (Lipinski definition) is 6. The molecule has 0 spiro atoms. The molecule has 0 aliphatic carbocycles. The lowest BCUT2D eigenvalue weighted by atomic mass is 10.1. The summed E-state index contributed by atoms with van der Waals surface area (Å²) >= 11 is 0. The summed E-state index contributed by atoms with van der Waals surface area (Å²) in [5, 5.41) is 6.79. The zero-order valence-electron chi connectivity index (χ0n) is 14.6. The molecular formula is C18H23N7. The van der Waals surface area contributed by atoms with Gasteiger partial charge in [-0.3, -0.25) is 4.57 Å². The van der Waals surface area contributed by atoms with Crippen LogP contribution in [0, 0.1) is 19.8 Å². The number of rotatable bonds is 4. The topological polar surface area (TPSA) is 93.7 Å². The molecular weight excluding hydrogens is 314 g/mol. The first-order valence-corrected chi connectivity index (χ1v) is 8.64. The van der Waals surface area contributed by atoms with Gasteiger partial charge in [0.15, 0.2) is 0 Å². The average molecular weight is 337 g/mol. The van der Waals surface area contributed by atoms with Crippen LogP contribution in [0.5, 0.6) is 0 Å². The summed E-state index contributed by atoms with van der Waals surface area (Å²) in [6.45, 7) is 7.22. The molecule has 130 valence electrons. The highest BCUT2D eigenvalue weighted by Crippen LogP contribution is 2.25. The van der Waals surface area contributed by atoms with E-state index in [2.05, 4.69) is 51.6 Å². The van der Waals surface area contributed by atoms with Crippen LogP contribution in [0.3, 0.4) is 0 Å². The van der Waals surface area contributed by atoms with E-state index in [9.17, 15) is 0 Å². The number of nitrogen functional groups attached to an aromatic ring is 1. The van der Waals surface area contributed by atoms with Crippen LogP contribution in [0.1, 0.15) is 17.5 Å². The minimum absolute atomic E-state index is 0.435. The molecule has 1 fully saturated rings. The largest absolute Gasteiger partial charge is 0.370 e. The Labute approximate surface area is 146 Å². The van der Waals surface area contributed by atoms with E-state index in [4.69, 9.17) is 5.73 Å². The maximum atomic E-state index is 6.17. The molecule has 0 bridgehead atoms. The monoisotopic (exact) mass is 337 g/mol. The van der Waals surface area contributed by atoms with E-state index >= 15 is 0 Å². The van der Waals surface area contributed by atoms with Crippen LogP contribution in [0.4, 0.5) is 11.8 Å². The third kappa shape index (κ3) is 3.02. The molecule has 1 atom stereocenters. The molecule has 7 nitrogen and oxygen atoms in total. The summed E-state index contributed by atoms with van der Waals surface area (Å²) in [5.74, 6) is 2.61. The van der Waals surface area contributed by atoms with Crippen LogP contribution < -0.4 is 16.4 Å². The molecule has 0 radical (unpaired) electrons. The molecule has 0 amide bonds. The standard InChI is InChI=1S/C18H23N7/c1-11-5-14-15(6-12(11)2)25(18(19)24-14)17-7-16(22-10-23-17)21-9-13-3-4-20-8-13/h5-7,10,13,20H,3-4,8-9H2,1-2H3,(H2,19,24)(H,21,22,23)/t13-/m0/s1. The van der Waals surface area contributed by atoms with Gasteiger partial charge in [-0.25, -0.2) is 15.0 Å². The number of nitrogens with zero attached hydrogens (tertiary/aromatic N) is 4. The summed E-state index contributed by atoms with van der Waals surface area (Å²) in [7, 11) is 0. The van der Waals surface area contributed by atoms with Crippen LogP contribution >= 0.6 is 0 Å². The maximum Gasteiger partial charge on any atom is 0.207 e. The molecule has 3 aromatic rings. The summed E-state index contributed by atoms with van der Waals surface area (Å²) in [6.07, 6.45) is 2.76. The molecule has 4 rings (SSSR count). The predicted octanol–water partition coefficient (Wildman–Crippen LogP) is 2.04. The van der Waals surface area contributed by atoms with Crippen molar-refractivity contribution in [2.24, 2.45) is 5.92 Å². The SMILES string of the molecule is Cc1cc2nc(N)n(-c3cc(NC[C@H]4CCNC4)ncn3)c2cc1C. The fraction of sp³-hybridized carbons (Fsp3) is 0.389. The Hall–Kier alpha value is -2.67. The molecule has 1 aliphatic heterocycles. The Balaban J connectivity index is 1.67. The van der Waals surface area contributed by atoms with Crippen molar-refractivity contribution in [3.05, 3.63) is 35.7 Å². The highest BCUT2D eigenvalue weighted by molar-refractivity contribution is 5.82. The van der Waals surface area contributed by atoms with E-state index < -0.39 is 0 Å². The number of aromatic nitrogens is 4. The second-order valence-electron chi connectivity index (χ2n) is 6.73. The molecule has 7 heteroatoms. The van der Waals surface area contributed by atoms with E-state index in [1.807, 2.05) is 10.6 Å². The lowest BCUT2D eigenvalue weighted by Gasteiger charge is -2.12. The maximum absolute atomic E-state index is 6.17. The van der Waals surface area contributed by atoms with Gasteiger partial charge in [0.1, 0.15) is 18.0 Å². The Morgan fingerprint density at radius 3 is 2.88 bits per heavy atom. The van der Waals surface area contributed by atoms with Crippen molar-refractivity contribution in [2.45, 2.75) is 20.3 Å². The number of fused-ring (bicyclic) bond motifs is 1. The Morgan fingerprint density at radius 1 is 1.24 bits per heavy atom. The van der Waals surface area contributed by atoms with Gasteiger partial charge in [-0.2, -0.15) is 0 Å². The molecule has 0 unspecified atom stereocenters. The molecule has 25 heavy (non-hydrogen) atoms. The fourth-order valence-corrected chi connectivity index (χ4v) is 3.30. The zero-order valence-corrected chi connectivity index (χ0v) is 14.6. The quantitative estimate of drug-likeness (QED) is 0.674. The van der Waals surface area contributed by atoms with Gasteiger partial charge in [0.05, 0.1) is 11.0 Å². The van der Waals surface area contributed by atoms with Crippen LogP contribution in [0.25, 0.3) is 16.9 Å². The molecule has 3 heterocycles. The van der Waals surface area contributed by atoms with Gasteiger partial charge in [0.25, 0.3) is 0 Å².